The van der Waals surface area contributed by atoms with Crippen LogP contribution in [0.4, 0.5) is 0 Å². The Balaban J connectivity index is 1.84. The Kier molecular flexibility index (Phi) is 5.01. The number of para-hydroxylation sites is 1. The topological polar surface area (TPSA) is 67.4 Å². The van der Waals surface area contributed by atoms with Crippen LogP contribution in [-0.2, 0) is 16.4 Å². The molecule has 0 aromatic heterocycles. The third-order valence-corrected chi connectivity index (χ3v) is 5.23. The molecule has 2 atom stereocenters. The van der Waals surface area contributed by atoms with E-state index >= 15 is 0 Å². The highest BCUT2D eigenvalue weighted by Gasteiger charge is 2.26. The molecule has 0 saturated carbocycles. The molecule has 1 aliphatic heterocycles. The van der Waals surface area contributed by atoms with Crippen LogP contribution in [0.2, 0.25) is 0 Å². The number of rotatable bonds is 7. The highest BCUT2D eigenvalue weighted by atomic mass is 32.2. The molecule has 0 radical (unpaired) electrons. The van der Waals surface area contributed by atoms with Crippen LogP contribution in [0.5, 0.6) is 5.75 Å². The third kappa shape index (κ3) is 3.71. The van der Waals surface area contributed by atoms with Crippen molar-refractivity contribution in [3.8, 4) is 5.75 Å². The van der Waals surface area contributed by atoms with Crippen LogP contribution in [-0.4, -0.2) is 39.4 Å². The molecule has 0 amide bonds. The van der Waals surface area contributed by atoms with Crippen LogP contribution in [0.3, 0.4) is 0 Å². The molecule has 0 bridgehead atoms. The minimum absolute atomic E-state index is 0.117. The van der Waals surface area contributed by atoms with E-state index in [1.165, 1.54) is 0 Å². The summed E-state index contributed by atoms with van der Waals surface area (Å²) in [7, 11) is -3.30. The molecule has 0 aliphatic carbocycles. The van der Waals surface area contributed by atoms with Crippen molar-refractivity contribution in [2.75, 3.05) is 19.6 Å². The largest absolute Gasteiger partial charge is 0.488 e. The van der Waals surface area contributed by atoms with Crippen LogP contribution >= 0.6 is 0 Å². The lowest BCUT2D eigenvalue weighted by atomic mass is 10.1. The highest BCUT2D eigenvalue weighted by molar-refractivity contribution is 7.90. The Morgan fingerprint density at radius 3 is 2.85 bits per heavy atom. The first kappa shape index (κ1) is 15.3. The van der Waals surface area contributed by atoms with Gasteiger partial charge in [0.2, 0.25) is 10.0 Å². The standard InChI is InChI=1S/C14H22N2O3S/c1-3-15-9-11(2)20(17,18)16-10-13-8-12-6-4-5-7-14(12)19-13/h4-7,11,13,15-16H,3,8-10H2,1-2H3. The second-order valence-electron chi connectivity index (χ2n) is 5.06. The zero-order chi connectivity index (χ0) is 14.6. The zero-order valence-electron chi connectivity index (χ0n) is 11.9. The van der Waals surface area contributed by atoms with Crippen LogP contribution in [0, 0.1) is 0 Å². The van der Waals surface area contributed by atoms with E-state index in [1.54, 1.807) is 6.92 Å². The Labute approximate surface area is 120 Å². The Hall–Kier alpha value is -1.11. The van der Waals surface area contributed by atoms with Gasteiger partial charge in [0.15, 0.2) is 0 Å². The van der Waals surface area contributed by atoms with Gasteiger partial charge in [-0.2, -0.15) is 0 Å². The normalized spacial score (nSPS) is 19.4. The average Bonchev–Trinajstić information content (AvgIpc) is 2.85. The summed E-state index contributed by atoms with van der Waals surface area (Å²) in [6.45, 7) is 5.19. The molecular weight excluding hydrogens is 276 g/mol. The molecule has 5 nitrogen and oxygen atoms in total. The smallest absolute Gasteiger partial charge is 0.215 e. The fourth-order valence-corrected chi connectivity index (χ4v) is 3.22. The Morgan fingerprint density at radius 2 is 2.15 bits per heavy atom. The molecule has 0 fully saturated rings. The molecule has 2 rings (SSSR count). The van der Waals surface area contributed by atoms with Crippen LogP contribution in [0.15, 0.2) is 24.3 Å². The molecule has 20 heavy (non-hydrogen) atoms. The van der Waals surface area contributed by atoms with Gasteiger partial charge in [-0.25, -0.2) is 13.1 Å². The summed E-state index contributed by atoms with van der Waals surface area (Å²) in [5.41, 5.74) is 1.14. The van der Waals surface area contributed by atoms with Gasteiger partial charge >= 0.3 is 0 Å². The number of nitrogens with one attached hydrogen (secondary N) is 2. The molecule has 0 saturated heterocycles. The van der Waals surface area contributed by atoms with Crippen molar-refractivity contribution in [3.05, 3.63) is 29.8 Å². The van der Waals surface area contributed by atoms with E-state index in [2.05, 4.69) is 10.0 Å². The fourth-order valence-electron chi connectivity index (χ4n) is 2.18. The van der Waals surface area contributed by atoms with Crippen molar-refractivity contribution < 1.29 is 13.2 Å². The minimum Gasteiger partial charge on any atom is -0.488 e. The van der Waals surface area contributed by atoms with Crippen molar-refractivity contribution in [1.82, 2.24) is 10.0 Å². The number of sulfonamides is 1. The van der Waals surface area contributed by atoms with E-state index in [9.17, 15) is 8.42 Å². The van der Waals surface area contributed by atoms with Gasteiger partial charge in [0.25, 0.3) is 0 Å². The maximum atomic E-state index is 12.1. The zero-order valence-corrected chi connectivity index (χ0v) is 12.7. The van der Waals surface area contributed by atoms with Gasteiger partial charge < -0.3 is 10.1 Å². The maximum Gasteiger partial charge on any atom is 0.215 e. The van der Waals surface area contributed by atoms with Crippen molar-refractivity contribution in [1.29, 1.82) is 0 Å². The average molecular weight is 298 g/mol. The van der Waals surface area contributed by atoms with Gasteiger partial charge in [-0.3, -0.25) is 0 Å². The van der Waals surface area contributed by atoms with E-state index in [-0.39, 0.29) is 6.10 Å². The van der Waals surface area contributed by atoms with Crippen LogP contribution in [0.25, 0.3) is 0 Å². The number of fused-ring (bicyclic) bond motifs is 1. The predicted octanol–water partition coefficient (Wildman–Crippen LogP) is 0.908. The molecule has 0 spiro atoms. The summed E-state index contributed by atoms with van der Waals surface area (Å²) >= 11 is 0. The lowest BCUT2D eigenvalue weighted by molar-refractivity contribution is 0.236. The molecule has 1 aliphatic rings. The van der Waals surface area contributed by atoms with Crippen LogP contribution in [0.1, 0.15) is 19.4 Å². The number of benzene rings is 1. The van der Waals surface area contributed by atoms with Gasteiger partial charge in [0.05, 0.1) is 5.25 Å². The van der Waals surface area contributed by atoms with E-state index in [1.807, 2.05) is 31.2 Å². The first-order chi connectivity index (χ1) is 9.53. The Bertz CT molecular complexity index is 520. The summed E-state index contributed by atoms with van der Waals surface area (Å²) in [4.78, 5) is 0. The van der Waals surface area contributed by atoms with Crippen molar-refractivity contribution in [2.45, 2.75) is 31.6 Å². The minimum atomic E-state index is -3.30. The fraction of sp³-hybridized carbons (Fsp3) is 0.571. The molecule has 2 unspecified atom stereocenters. The summed E-state index contributed by atoms with van der Waals surface area (Å²) in [5, 5.41) is 2.59. The molecule has 1 heterocycles. The van der Waals surface area contributed by atoms with Gasteiger partial charge in [0, 0.05) is 19.5 Å². The number of hydrogen-bond acceptors (Lipinski definition) is 4. The van der Waals surface area contributed by atoms with E-state index in [4.69, 9.17) is 4.74 Å². The second kappa shape index (κ2) is 6.56. The van der Waals surface area contributed by atoms with Crippen molar-refractivity contribution in [3.63, 3.8) is 0 Å². The summed E-state index contributed by atoms with van der Waals surface area (Å²) < 4.78 is 32.5. The van der Waals surface area contributed by atoms with E-state index in [0.29, 0.717) is 13.1 Å². The number of ether oxygens (including phenoxy) is 1. The van der Waals surface area contributed by atoms with Gasteiger partial charge in [-0.1, -0.05) is 25.1 Å². The molecule has 6 heteroatoms. The highest BCUT2D eigenvalue weighted by Crippen LogP contribution is 2.27. The molecular formula is C14H22N2O3S. The van der Waals surface area contributed by atoms with Crippen molar-refractivity contribution in [2.24, 2.45) is 0 Å². The lowest BCUT2D eigenvalue weighted by Gasteiger charge is -2.16. The van der Waals surface area contributed by atoms with E-state index < -0.39 is 15.3 Å². The predicted molar refractivity (Wildman–Crippen MR) is 79.5 cm³/mol. The van der Waals surface area contributed by atoms with Gasteiger partial charge in [-0.05, 0) is 25.1 Å². The first-order valence-electron chi connectivity index (χ1n) is 6.96. The quantitative estimate of drug-likeness (QED) is 0.785. The van der Waals surface area contributed by atoms with E-state index in [0.717, 1.165) is 24.3 Å². The van der Waals surface area contributed by atoms with Gasteiger partial charge in [0.1, 0.15) is 11.9 Å². The third-order valence-electron chi connectivity index (χ3n) is 3.44. The summed E-state index contributed by atoms with van der Waals surface area (Å²) in [6.07, 6.45) is 0.633. The molecule has 2 N–H and O–H groups in total. The summed E-state index contributed by atoms with van der Waals surface area (Å²) in [6, 6.07) is 7.81. The maximum absolute atomic E-state index is 12.1. The monoisotopic (exact) mass is 298 g/mol. The Morgan fingerprint density at radius 1 is 1.40 bits per heavy atom. The van der Waals surface area contributed by atoms with Gasteiger partial charge in [-0.15, -0.1) is 0 Å². The van der Waals surface area contributed by atoms with Crippen molar-refractivity contribution >= 4 is 10.0 Å². The first-order valence-corrected chi connectivity index (χ1v) is 8.51. The lowest BCUT2D eigenvalue weighted by Crippen LogP contribution is -2.42. The number of hydrogen-bond donors (Lipinski definition) is 2. The molecule has 112 valence electrons. The molecule has 1 aromatic rings. The second-order valence-corrected chi connectivity index (χ2v) is 7.25. The van der Waals surface area contributed by atoms with Crippen LogP contribution < -0.4 is 14.8 Å². The summed E-state index contributed by atoms with van der Waals surface area (Å²) in [5.74, 6) is 0.859. The molecule has 1 aromatic carbocycles. The SMILES string of the molecule is CCNCC(C)S(=O)(=O)NCC1Cc2ccccc2O1.